The van der Waals surface area contributed by atoms with Gasteiger partial charge in [-0.15, -0.1) is 0 Å². The minimum Gasteiger partial charge on any atom is -0.507 e. The van der Waals surface area contributed by atoms with Gasteiger partial charge in [0.05, 0.1) is 24.5 Å². The van der Waals surface area contributed by atoms with Gasteiger partial charge in [0.25, 0.3) is 5.91 Å². The molecule has 5 atom stereocenters. The summed E-state index contributed by atoms with van der Waals surface area (Å²) in [6.07, 6.45) is 4.15. The molecule has 0 aliphatic carbocycles. The molecule has 0 saturated carbocycles. The lowest BCUT2D eigenvalue weighted by molar-refractivity contribution is -0.141. The summed E-state index contributed by atoms with van der Waals surface area (Å²) in [6, 6.07) is 16.7. The summed E-state index contributed by atoms with van der Waals surface area (Å²) in [5, 5.41) is 43.1. The number of nitrogens with two attached hydrogens (primary N) is 1. The number of ketones is 1. The summed E-state index contributed by atoms with van der Waals surface area (Å²) in [5.74, 6) is -4.27. The van der Waals surface area contributed by atoms with Gasteiger partial charge in [0.15, 0.2) is 5.78 Å². The van der Waals surface area contributed by atoms with E-state index in [2.05, 4.69) is 36.8 Å². The van der Waals surface area contributed by atoms with Crippen molar-refractivity contribution in [2.75, 3.05) is 25.5 Å². The van der Waals surface area contributed by atoms with Crippen LogP contribution in [0.4, 0.5) is 5.69 Å². The molecule has 340 valence electrons. The van der Waals surface area contributed by atoms with Crippen LogP contribution >= 0.6 is 11.6 Å². The molecule has 5 amide bonds. The minimum absolute atomic E-state index is 0.106. The van der Waals surface area contributed by atoms with Crippen molar-refractivity contribution in [3.8, 4) is 33.8 Å². The van der Waals surface area contributed by atoms with E-state index >= 15 is 0 Å². The highest BCUT2D eigenvalue weighted by Gasteiger charge is 2.36. The molecule has 17 nitrogen and oxygen atoms in total. The molecule has 0 radical (unpaired) electrons. The standard InChI is InChI=1S/C47H52ClN9O8/c1-26(41(60)25-50-34-23-51-52-24-34)53-45(63)38-21-28-7-17-39(58)35(20-28)36-22-32(14-18-40(36)59)42(46(64)54-27(2)43(61)56-38)57(3)47(65)37(6-4-5-19-49)55-44(62)31-10-8-29(9-11-31)30-12-15-33(48)16-13-30/h7-18,20,22-24,26-27,37-38,42,50,58-59H,4-6,19,21,25,49H2,1-3H3,(H,51,52)(H,53,63)(H,54,64)(H,55,62)(H,56,61)/t26-,27-,37-,38-,42-/m0/s1. The molecule has 1 aliphatic heterocycles. The lowest BCUT2D eigenvalue weighted by Gasteiger charge is -2.32. The number of aromatic hydroxyl groups is 2. The number of aromatic nitrogens is 2. The van der Waals surface area contributed by atoms with Crippen LogP contribution in [-0.4, -0.2) is 105 Å². The number of carbonyl (C=O) groups excluding carboxylic acids is 6. The van der Waals surface area contributed by atoms with Gasteiger partial charge in [-0.05, 0) is 110 Å². The zero-order chi connectivity index (χ0) is 46.8. The van der Waals surface area contributed by atoms with Gasteiger partial charge in [0.2, 0.25) is 23.6 Å². The molecule has 1 aliphatic rings. The van der Waals surface area contributed by atoms with Crippen LogP contribution in [0.15, 0.2) is 97.3 Å². The molecule has 18 heteroatoms. The summed E-state index contributed by atoms with van der Waals surface area (Å²) in [5.41, 5.74) is 9.32. The fraction of sp³-hybridized carbons (Fsp3) is 0.298. The third kappa shape index (κ3) is 11.9. The summed E-state index contributed by atoms with van der Waals surface area (Å²) in [7, 11) is 1.39. The lowest BCUT2D eigenvalue weighted by Crippen LogP contribution is -2.57. The van der Waals surface area contributed by atoms with E-state index < -0.39 is 59.7 Å². The number of Topliss-reactive ketones (excluding diaryl/α,β-unsaturated/α-hetero) is 1. The van der Waals surface area contributed by atoms with E-state index in [1.54, 1.807) is 48.7 Å². The van der Waals surface area contributed by atoms with Gasteiger partial charge < -0.3 is 47.4 Å². The number of hydrogen-bond acceptors (Lipinski definition) is 11. The highest BCUT2D eigenvalue weighted by molar-refractivity contribution is 6.30. The third-order valence-electron chi connectivity index (χ3n) is 11.2. The number of benzene rings is 4. The Labute approximate surface area is 380 Å². The van der Waals surface area contributed by atoms with Crippen LogP contribution in [-0.2, 0) is 30.4 Å². The number of unbranched alkanes of at least 4 members (excludes halogenated alkanes) is 1. The largest absolute Gasteiger partial charge is 0.507 e. The van der Waals surface area contributed by atoms with Crippen molar-refractivity contribution >= 4 is 52.6 Å². The number of phenolic OH excluding ortho intramolecular Hbond substituents is 2. The maximum atomic E-state index is 14.6. The number of likely N-dealkylation sites (N-methyl/N-ethyl adjacent to an activating group) is 1. The topological polar surface area (TPSA) is 261 Å². The SMILES string of the molecule is C[C@H](NC(=O)[C@@H]1Cc2ccc(O)c(c2)-c2cc(ccc2O)[C@H](N(C)C(=O)[C@H](CCCCN)NC(=O)c2ccc(-c3ccc(Cl)cc3)cc2)C(=O)N[C@@H](C)C(=O)N1)C(=O)CNc1cn[nH]c1. The van der Waals surface area contributed by atoms with Crippen molar-refractivity contribution in [3.63, 3.8) is 0 Å². The number of H-pyrrole nitrogens is 1. The van der Waals surface area contributed by atoms with Gasteiger partial charge >= 0.3 is 0 Å². The third-order valence-corrected chi connectivity index (χ3v) is 11.4. The predicted molar refractivity (Wildman–Crippen MR) is 245 cm³/mol. The van der Waals surface area contributed by atoms with E-state index in [1.165, 1.54) is 57.4 Å². The first kappa shape index (κ1) is 47.2. The number of hydrogen-bond donors (Lipinski definition) is 9. The second-order valence-corrected chi connectivity index (χ2v) is 16.3. The lowest BCUT2D eigenvalue weighted by atomic mass is 9.93. The Balaban J connectivity index is 1.28. The minimum atomic E-state index is -1.44. The van der Waals surface area contributed by atoms with Crippen LogP contribution < -0.4 is 32.3 Å². The maximum Gasteiger partial charge on any atom is 0.251 e. The first-order valence-electron chi connectivity index (χ1n) is 21.1. The average Bonchev–Trinajstić information content (AvgIpc) is 3.82. The smallest absolute Gasteiger partial charge is 0.251 e. The Morgan fingerprint density at radius 3 is 2.20 bits per heavy atom. The van der Waals surface area contributed by atoms with Crippen LogP contribution in [0.3, 0.4) is 0 Å². The molecule has 10 N–H and O–H groups in total. The number of anilines is 1. The Hall–Kier alpha value is -7.24. The molecule has 0 fully saturated rings. The number of aromatic amines is 1. The first-order chi connectivity index (χ1) is 31.1. The first-order valence-corrected chi connectivity index (χ1v) is 21.5. The molecule has 0 saturated heterocycles. The van der Waals surface area contributed by atoms with Crippen LogP contribution in [0.5, 0.6) is 11.5 Å². The van der Waals surface area contributed by atoms with Crippen LogP contribution in [0.25, 0.3) is 22.3 Å². The van der Waals surface area contributed by atoms with E-state index in [-0.39, 0.29) is 53.4 Å². The maximum absolute atomic E-state index is 14.6. The van der Waals surface area contributed by atoms with Crippen molar-refractivity contribution in [3.05, 3.63) is 119 Å². The van der Waals surface area contributed by atoms with Gasteiger partial charge in [0, 0.05) is 41.4 Å². The molecule has 0 spiro atoms. The van der Waals surface area contributed by atoms with Crippen LogP contribution in [0.1, 0.15) is 60.6 Å². The normalized spacial score (nSPS) is 17.0. The van der Waals surface area contributed by atoms with Crippen molar-refractivity contribution < 1.29 is 39.0 Å². The number of nitrogens with one attached hydrogen (secondary N) is 6. The average molecular weight is 906 g/mol. The van der Waals surface area contributed by atoms with Crippen molar-refractivity contribution in [2.24, 2.45) is 5.73 Å². The zero-order valence-corrected chi connectivity index (χ0v) is 36.8. The van der Waals surface area contributed by atoms with Crippen LogP contribution in [0.2, 0.25) is 5.02 Å². The van der Waals surface area contributed by atoms with E-state index in [4.69, 9.17) is 17.3 Å². The zero-order valence-electron chi connectivity index (χ0n) is 36.1. The molecular formula is C47H52ClN9O8. The van der Waals surface area contributed by atoms with E-state index in [0.717, 1.165) is 16.0 Å². The Morgan fingerprint density at radius 2 is 1.54 bits per heavy atom. The fourth-order valence-electron chi connectivity index (χ4n) is 7.42. The van der Waals surface area contributed by atoms with Gasteiger partial charge in [-0.25, -0.2) is 0 Å². The predicted octanol–water partition coefficient (Wildman–Crippen LogP) is 3.97. The number of carbonyl (C=O) groups is 6. The molecule has 1 aromatic heterocycles. The Kier molecular flexibility index (Phi) is 15.6. The number of halogens is 1. The quantitative estimate of drug-likeness (QED) is 0.0679. The molecule has 4 aromatic carbocycles. The number of rotatable bonds is 15. The molecule has 65 heavy (non-hydrogen) atoms. The number of nitrogens with zero attached hydrogens (tertiary/aromatic N) is 2. The monoisotopic (exact) mass is 905 g/mol. The summed E-state index contributed by atoms with van der Waals surface area (Å²) >= 11 is 6.05. The molecule has 6 rings (SSSR count). The van der Waals surface area contributed by atoms with Gasteiger partial charge in [-0.3, -0.25) is 33.9 Å². The number of fused-ring (bicyclic) bond motifs is 5. The molecular weight excluding hydrogens is 854 g/mol. The van der Waals surface area contributed by atoms with Crippen LogP contribution in [0, 0.1) is 0 Å². The second-order valence-electron chi connectivity index (χ2n) is 15.9. The number of phenols is 2. The summed E-state index contributed by atoms with van der Waals surface area (Å²) in [6.45, 7) is 3.14. The highest BCUT2D eigenvalue weighted by atomic mass is 35.5. The van der Waals surface area contributed by atoms with Crippen molar-refractivity contribution in [1.82, 2.24) is 36.4 Å². The Morgan fingerprint density at radius 1 is 0.877 bits per heavy atom. The summed E-state index contributed by atoms with van der Waals surface area (Å²) in [4.78, 5) is 84.5. The van der Waals surface area contributed by atoms with Crippen molar-refractivity contribution in [1.29, 1.82) is 0 Å². The number of amides is 5. The van der Waals surface area contributed by atoms with E-state index in [0.29, 0.717) is 41.2 Å². The van der Waals surface area contributed by atoms with E-state index in [9.17, 15) is 39.0 Å². The molecule has 5 aromatic rings. The fourth-order valence-corrected chi connectivity index (χ4v) is 7.55. The van der Waals surface area contributed by atoms with Crippen molar-refractivity contribution in [2.45, 2.75) is 69.7 Å². The molecule has 2 heterocycles. The second kappa shape index (κ2) is 21.4. The molecule has 4 bridgehead atoms. The van der Waals surface area contributed by atoms with Gasteiger partial charge in [0.1, 0.15) is 35.7 Å². The Bertz CT molecular complexity index is 2520. The highest BCUT2D eigenvalue weighted by Crippen LogP contribution is 2.39. The summed E-state index contributed by atoms with van der Waals surface area (Å²) < 4.78 is 0. The van der Waals surface area contributed by atoms with Gasteiger partial charge in [-0.2, -0.15) is 5.10 Å². The van der Waals surface area contributed by atoms with E-state index in [1.807, 2.05) is 12.1 Å². The van der Waals surface area contributed by atoms with Gasteiger partial charge in [-0.1, -0.05) is 48.0 Å². The molecule has 0 unspecified atom stereocenters.